The number of carbonyl (C=O) groups excluding carboxylic acids is 3. The fraction of sp³-hybridized carbons (Fsp3) is 0.562. The summed E-state index contributed by atoms with van der Waals surface area (Å²) in [6.45, 7) is 9.24. The van der Waals surface area contributed by atoms with E-state index >= 15 is 0 Å². The van der Waals surface area contributed by atoms with Crippen molar-refractivity contribution in [1.29, 1.82) is 0 Å². The van der Waals surface area contributed by atoms with Gasteiger partial charge in [-0.25, -0.2) is 4.98 Å². The number of benzene rings is 1. The van der Waals surface area contributed by atoms with Crippen molar-refractivity contribution in [1.82, 2.24) is 20.5 Å². The Bertz CT molecular complexity index is 1270. The van der Waals surface area contributed by atoms with Crippen LogP contribution in [0.2, 0.25) is 0 Å². The predicted molar refractivity (Wildman–Crippen MR) is 165 cm³/mol. The van der Waals surface area contributed by atoms with E-state index in [2.05, 4.69) is 46.5 Å². The second-order valence-corrected chi connectivity index (χ2v) is 12.0. The van der Waals surface area contributed by atoms with Crippen molar-refractivity contribution in [3.8, 4) is 0 Å². The molecule has 0 spiro atoms. The minimum Gasteiger partial charge on any atom is -0.382 e. The first-order valence-corrected chi connectivity index (χ1v) is 15.6. The monoisotopic (exact) mass is 575 g/mol. The van der Waals surface area contributed by atoms with E-state index in [1.54, 1.807) is 24.4 Å². The lowest BCUT2D eigenvalue weighted by Gasteiger charge is -2.40. The topological polar surface area (TPSA) is 133 Å². The number of nitrogens with one attached hydrogen (secondary N) is 3. The molecule has 1 aromatic heterocycles. The highest BCUT2D eigenvalue weighted by Crippen LogP contribution is 2.38. The van der Waals surface area contributed by atoms with Gasteiger partial charge in [0, 0.05) is 60.7 Å². The number of aromatic nitrogens is 1. The third-order valence-electron chi connectivity index (χ3n) is 9.29. The van der Waals surface area contributed by atoms with Crippen molar-refractivity contribution in [2.24, 2.45) is 5.73 Å². The molecular formula is C32H45N7O3. The van der Waals surface area contributed by atoms with Crippen LogP contribution in [0.25, 0.3) is 0 Å². The molecule has 3 aliphatic heterocycles. The molecule has 2 aromatic rings. The molecule has 4 atom stereocenters. The first-order valence-electron chi connectivity index (χ1n) is 15.6. The summed E-state index contributed by atoms with van der Waals surface area (Å²) in [4.78, 5) is 47.5. The smallest absolute Gasteiger partial charge is 0.253 e. The first kappa shape index (κ1) is 29.8. The van der Waals surface area contributed by atoms with Crippen molar-refractivity contribution >= 4 is 29.2 Å². The van der Waals surface area contributed by atoms with Crippen LogP contribution in [-0.4, -0.2) is 77.4 Å². The van der Waals surface area contributed by atoms with E-state index in [-0.39, 0.29) is 42.0 Å². The molecule has 10 heteroatoms. The Labute approximate surface area is 248 Å². The van der Waals surface area contributed by atoms with Crippen LogP contribution in [0.15, 0.2) is 36.5 Å². The molecule has 42 heavy (non-hydrogen) atoms. The van der Waals surface area contributed by atoms with Gasteiger partial charge in [-0.1, -0.05) is 20.8 Å². The van der Waals surface area contributed by atoms with E-state index in [1.807, 2.05) is 12.1 Å². The quantitative estimate of drug-likeness (QED) is 0.322. The standard InChI is InChI=1S/C32H45N7O3/c1-4-22(5-2)35-28-15-20(7-11-27(28)30(33)40)31(41)37-24-16-25-9-10-26(17-24)39(25)29-12-8-21(18-34-29)32(42)36-23-13-14-38(6-3)19-23/h7-8,11-12,15,18,22-26,35H,4-6,9-10,13-14,16-17,19H2,1-3H3,(H2,33,40)(H,36,42)(H,37,41)/t23-,24?,25-,26+/m1/s1. The maximum Gasteiger partial charge on any atom is 0.253 e. The van der Waals surface area contributed by atoms with Crippen LogP contribution >= 0.6 is 0 Å². The number of carbonyl (C=O) groups is 3. The van der Waals surface area contributed by atoms with Gasteiger partial charge in [-0.05, 0) is 81.8 Å². The summed E-state index contributed by atoms with van der Waals surface area (Å²) in [6.07, 6.45) is 8.23. The average Bonchev–Trinajstić information content (AvgIpc) is 3.56. The van der Waals surface area contributed by atoms with Gasteiger partial charge in [0.05, 0.1) is 11.1 Å². The molecule has 3 aliphatic rings. The number of primary amides is 1. The van der Waals surface area contributed by atoms with E-state index in [0.717, 1.165) is 70.4 Å². The van der Waals surface area contributed by atoms with Crippen molar-refractivity contribution in [2.75, 3.05) is 29.9 Å². The van der Waals surface area contributed by atoms with E-state index < -0.39 is 5.91 Å². The lowest BCUT2D eigenvalue weighted by atomic mass is 9.96. The van der Waals surface area contributed by atoms with E-state index in [9.17, 15) is 14.4 Å². The van der Waals surface area contributed by atoms with Gasteiger partial charge in [-0.15, -0.1) is 0 Å². The van der Waals surface area contributed by atoms with Gasteiger partial charge < -0.3 is 31.5 Å². The zero-order valence-corrected chi connectivity index (χ0v) is 25.1. The summed E-state index contributed by atoms with van der Waals surface area (Å²) >= 11 is 0. The Hall–Kier alpha value is -3.66. The second kappa shape index (κ2) is 13.1. The van der Waals surface area contributed by atoms with E-state index in [0.29, 0.717) is 22.4 Å². The minimum atomic E-state index is -0.515. The number of piperidine rings is 1. The number of likely N-dealkylation sites (N-methyl/N-ethyl adjacent to an activating group) is 1. The Morgan fingerprint density at radius 2 is 1.60 bits per heavy atom. The number of rotatable bonds is 11. The minimum absolute atomic E-state index is 0.0525. The SMILES string of the molecule is CCC(CC)Nc1cc(C(=O)NC2C[C@H]3CC[C@@H](C2)N3c2ccc(C(=O)N[C@@H]3CCN(CC)C3)cn2)ccc1C(N)=O. The molecule has 1 aromatic carbocycles. The van der Waals surface area contributed by atoms with Crippen LogP contribution in [0.3, 0.4) is 0 Å². The van der Waals surface area contributed by atoms with Gasteiger partial charge in [0.15, 0.2) is 0 Å². The Kier molecular flexibility index (Phi) is 9.30. The zero-order valence-electron chi connectivity index (χ0n) is 25.1. The molecule has 3 saturated heterocycles. The molecule has 226 valence electrons. The van der Waals surface area contributed by atoms with Crippen molar-refractivity contribution < 1.29 is 14.4 Å². The number of fused-ring (bicyclic) bond motifs is 2. The number of pyridine rings is 1. The zero-order chi connectivity index (χ0) is 29.8. The van der Waals surface area contributed by atoms with Gasteiger partial charge in [0.1, 0.15) is 5.82 Å². The number of amides is 3. The van der Waals surface area contributed by atoms with Gasteiger partial charge in [0.25, 0.3) is 17.7 Å². The molecule has 5 N–H and O–H groups in total. The maximum absolute atomic E-state index is 13.3. The summed E-state index contributed by atoms with van der Waals surface area (Å²) < 4.78 is 0. The maximum atomic E-state index is 13.3. The highest BCUT2D eigenvalue weighted by Gasteiger charge is 2.42. The van der Waals surface area contributed by atoms with Crippen LogP contribution in [0, 0.1) is 0 Å². The summed E-state index contributed by atoms with van der Waals surface area (Å²) in [5, 5.41) is 9.78. The van der Waals surface area contributed by atoms with Crippen LogP contribution < -0.4 is 26.6 Å². The molecule has 10 nitrogen and oxygen atoms in total. The van der Waals surface area contributed by atoms with Crippen LogP contribution in [0.5, 0.6) is 0 Å². The Balaban J connectivity index is 1.20. The largest absolute Gasteiger partial charge is 0.382 e. The molecule has 5 rings (SSSR count). The van der Waals surface area contributed by atoms with Crippen LogP contribution in [-0.2, 0) is 0 Å². The molecule has 0 saturated carbocycles. The molecular weight excluding hydrogens is 530 g/mol. The van der Waals surface area contributed by atoms with E-state index in [1.165, 1.54) is 0 Å². The summed E-state index contributed by atoms with van der Waals surface area (Å²) in [6, 6.07) is 9.88. The molecule has 3 fully saturated rings. The van der Waals surface area contributed by atoms with E-state index in [4.69, 9.17) is 10.7 Å². The first-order chi connectivity index (χ1) is 20.3. The predicted octanol–water partition coefficient (Wildman–Crippen LogP) is 3.53. The van der Waals surface area contributed by atoms with Crippen molar-refractivity contribution in [3.63, 3.8) is 0 Å². The molecule has 3 amide bonds. The van der Waals surface area contributed by atoms with Gasteiger partial charge >= 0.3 is 0 Å². The number of nitrogens with zero attached hydrogens (tertiary/aromatic N) is 3. The number of hydrogen-bond acceptors (Lipinski definition) is 7. The average molecular weight is 576 g/mol. The van der Waals surface area contributed by atoms with Crippen molar-refractivity contribution in [2.45, 2.75) is 95.9 Å². The van der Waals surface area contributed by atoms with Crippen molar-refractivity contribution in [3.05, 3.63) is 53.2 Å². The second-order valence-electron chi connectivity index (χ2n) is 12.0. The summed E-state index contributed by atoms with van der Waals surface area (Å²) in [5.74, 6) is 0.164. The van der Waals surface area contributed by atoms with Crippen LogP contribution in [0.1, 0.15) is 96.8 Å². The lowest BCUT2D eigenvalue weighted by molar-refractivity contribution is 0.0922. The molecule has 2 bridgehead atoms. The number of nitrogens with two attached hydrogens (primary N) is 1. The molecule has 4 heterocycles. The van der Waals surface area contributed by atoms with Gasteiger partial charge in [-0.3, -0.25) is 14.4 Å². The summed E-state index contributed by atoms with van der Waals surface area (Å²) in [7, 11) is 0. The number of hydrogen-bond donors (Lipinski definition) is 4. The normalized spacial score (nSPS) is 23.7. The lowest BCUT2D eigenvalue weighted by Crippen LogP contribution is -2.50. The third kappa shape index (κ3) is 6.53. The summed E-state index contributed by atoms with van der Waals surface area (Å²) in [5.41, 5.74) is 7.70. The number of anilines is 2. The third-order valence-corrected chi connectivity index (χ3v) is 9.29. The van der Waals surface area contributed by atoms with Gasteiger partial charge in [0.2, 0.25) is 0 Å². The Morgan fingerprint density at radius 3 is 2.19 bits per heavy atom. The molecule has 1 unspecified atom stereocenters. The Morgan fingerprint density at radius 1 is 0.929 bits per heavy atom. The van der Waals surface area contributed by atoms with Crippen LogP contribution in [0.4, 0.5) is 11.5 Å². The fourth-order valence-corrected chi connectivity index (χ4v) is 6.85. The number of likely N-dealkylation sites (tertiary alicyclic amines) is 1. The molecule has 0 radical (unpaired) electrons. The molecule has 0 aliphatic carbocycles. The highest BCUT2D eigenvalue weighted by molar-refractivity contribution is 6.02. The van der Waals surface area contributed by atoms with Gasteiger partial charge in [-0.2, -0.15) is 0 Å². The fourth-order valence-electron chi connectivity index (χ4n) is 6.85. The highest BCUT2D eigenvalue weighted by atomic mass is 16.2.